The first-order chi connectivity index (χ1) is 10.9. The minimum Gasteiger partial charge on any atom is -0.481 e. The van der Waals surface area contributed by atoms with Crippen molar-refractivity contribution in [3.05, 3.63) is 60.7 Å². The first kappa shape index (κ1) is 17.4. The molecule has 7 heteroatoms. The maximum Gasteiger partial charge on any atom is 0.311 e. The Labute approximate surface area is 136 Å². The third kappa shape index (κ3) is 3.69. The molecule has 2 rings (SSSR count). The summed E-state index contributed by atoms with van der Waals surface area (Å²) in [5.74, 6) is -1.65. The highest BCUT2D eigenvalue weighted by atomic mass is 32.2. The monoisotopic (exact) mass is 336 g/mol. The SMILES string of the molecule is C=CCN(CC=C)S(=O)(=O)N[C@H]1C[C@@H](C(=O)O)c2ccccc21. The summed E-state index contributed by atoms with van der Waals surface area (Å²) in [6, 6.07) is 6.46. The predicted octanol–water partition coefficient (Wildman–Crippen LogP) is 1.81. The van der Waals surface area contributed by atoms with Gasteiger partial charge in [0.15, 0.2) is 0 Å². The molecule has 0 aliphatic heterocycles. The Morgan fingerprint density at radius 2 is 1.83 bits per heavy atom. The van der Waals surface area contributed by atoms with Gasteiger partial charge in [-0.15, -0.1) is 13.2 Å². The highest BCUT2D eigenvalue weighted by molar-refractivity contribution is 7.87. The van der Waals surface area contributed by atoms with Crippen LogP contribution in [0.15, 0.2) is 49.6 Å². The number of nitrogens with one attached hydrogen (secondary N) is 1. The Morgan fingerprint density at radius 1 is 1.26 bits per heavy atom. The van der Waals surface area contributed by atoms with Crippen LogP contribution in [0.5, 0.6) is 0 Å². The van der Waals surface area contributed by atoms with Gasteiger partial charge in [-0.2, -0.15) is 17.4 Å². The molecule has 0 radical (unpaired) electrons. The Kier molecular flexibility index (Phi) is 5.35. The summed E-state index contributed by atoms with van der Waals surface area (Å²) < 4.78 is 28.9. The van der Waals surface area contributed by atoms with Crippen LogP contribution in [0.1, 0.15) is 29.5 Å². The van der Waals surface area contributed by atoms with Crippen LogP contribution in [-0.4, -0.2) is 36.9 Å². The number of benzene rings is 1. The summed E-state index contributed by atoms with van der Waals surface area (Å²) in [6.45, 7) is 7.41. The van der Waals surface area contributed by atoms with E-state index in [9.17, 15) is 18.3 Å². The van der Waals surface area contributed by atoms with Crippen molar-refractivity contribution >= 4 is 16.2 Å². The van der Waals surface area contributed by atoms with Gasteiger partial charge >= 0.3 is 5.97 Å². The van der Waals surface area contributed by atoms with Crippen LogP contribution in [0.2, 0.25) is 0 Å². The molecule has 0 fully saturated rings. The van der Waals surface area contributed by atoms with Gasteiger partial charge in [0.25, 0.3) is 10.2 Å². The lowest BCUT2D eigenvalue weighted by Crippen LogP contribution is -2.42. The Balaban J connectivity index is 2.28. The van der Waals surface area contributed by atoms with Gasteiger partial charge < -0.3 is 5.11 Å². The van der Waals surface area contributed by atoms with Gasteiger partial charge in [-0.3, -0.25) is 4.79 Å². The highest BCUT2D eigenvalue weighted by Crippen LogP contribution is 2.40. The minimum atomic E-state index is -3.77. The number of hydrogen-bond donors (Lipinski definition) is 2. The fourth-order valence-electron chi connectivity index (χ4n) is 2.79. The number of fused-ring (bicyclic) bond motifs is 1. The summed E-state index contributed by atoms with van der Waals surface area (Å²) in [4.78, 5) is 11.4. The lowest BCUT2D eigenvalue weighted by Gasteiger charge is -2.22. The average Bonchev–Trinajstić information content (AvgIpc) is 2.86. The first-order valence-electron chi connectivity index (χ1n) is 7.21. The standard InChI is InChI=1S/C16H20N2O4S/c1-3-9-18(10-4-2)23(21,22)17-15-11-14(16(19)20)12-7-5-6-8-13(12)15/h3-8,14-15,17H,1-2,9-11H2,(H,19,20)/t14-,15+/m1/s1. The molecule has 0 aromatic heterocycles. The van der Waals surface area contributed by atoms with Crippen LogP contribution in [0, 0.1) is 0 Å². The molecule has 6 nitrogen and oxygen atoms in total. The van der Waals surface area contributed by atoms with E-state index in [1.165, 1.54) is 16.5 Å². The molecule has 0 spiro atoms. The van der Waals surface area contributed by atoms with Crippen LogP contribution in [0.25, 0.3) is 0 Å². The smallest absolute Gasteiger partial charge is 0.311 e. The molecule has 0 saturated heterocycles. The van der Waals surface area contributed by atoms with Gasteiger partial charge in [-0.05, 0) is 17.5 Å². The number of aliphatic carboxylic acids is 1. The fraction of sp³-hybridized carbons (Fsp3) is 0.312. The maximum atomic E-state index is 12.5. The second-order valence-corrected chi connectivity index (χ2v) is 7.03. The molecule has 0 amide bonds. The lowest BCUT2D eigenvalue weighted by atomic mass is 10.0. The average molecular weight is 336 g/mol. The van der Waals surface area contributed by atoms with E-state index in [0.29, 0.717) is 11.1 Å². The molecule has 1 aliphatic rings. The van der Waals surface area contributed by atoms with Crippen molar-refractivity contribution in [2.45, 2.75) is 18.4 Å². The Bertz CT molecular complexity index is 705. The largest absolute Gasteiger partial charge is 0.481 e. The van der Waals surface area contributed by atoms with Crippen molar-refractivity contribution in [2.75, 3.05) is 13.1 Å². The Morgan fingerprint density at radius 3 is 2.35 bits per heavy atom. The minimum absolute atomic E-state index is 0.151. The third-order valence-electron chi connectivity index (χ3n) is 3.81. The molecule has 0 bridgehead atoms. The highest BCUT2D eigenvalue weighted by Gasteiger charge is 2.37. The van der Waals surface area contributed by atoms with E-state index in [4.69, 9.17) is 0 Å². The normalized spacial score (nSPS) is 20.2. The van der Waals surface area contributed by atoms with Crippen LogP contribution in [0.4, 0.5) is 0 Å². The number of carbonyl (C=O) groups is 1. The molecule has 2 atom stereocenters. The molecule has 23 heavy (non-hydrogen) atoms. The summed E-state index contributed by atoms with van der Waals surface area (Å²) >= 11 is 0. The van der Waals surface area contributed by atoms with Crippen molar-refractivity contribution in [1.82, 2.24) is 9.03 Å². The number of hydrogen-bond acceptors (Lipinski definition) is 3. The first-order valence-corrected chi connectivity index (χ1v) is 8.65. The second kappa shape index (κ2) is 7.08. The summed E-state index contributed by atoms with van der Waals surface area (Å²) in [5, 5.41) is 9.34. The molecule has 1 aromatic carbocycles. The zero-order valence-electron chi connectivity index (χ0n) is 12.7. The molecule has 0 saturated carbocycles. The molecule has 1 aliphatic carbocycles. The summed E-state index contributed by atoms with van der Waals surface area (Å²) in [7, 11) is -3.77. The van der Waals surface area contributed by atoms with Crippen LogP contribution in [-0.2, 0) is 15.0 Å². The number of carboxylic acid groups (broad SMARTS) is 1. The van der Waals surface area contributed by atoms with E-state index >= 15 is 0 Å². The molecule has 0 heterocycles. The third-order valence-corrected chi connectivity index (χ3v) is 5.37. The van der Waals surface area contributed by atoms with Gasteiger partial charge in [-0.25, -0.2) is 0 Å². The van der Waals surface area contributed by atoms with E-state index in [0.717, 1.165) is 0 Å². The zero-order valence-corrected chi connectivity index (χ0v) is 13.5. The van der Waals surface area contributed by atoms with Gasteiger partial charge in [0, 0.05) is 19.1 Å². The number of carboxylic acids is 1. The summed E-state index contributed by atoms with van der Waals surface area (Å²) in [5.41, 5.74) is 1.37. The van der Waals surface area contributed by atoms with Crippen molar-refractivity contribution in [3.63, 3.8) is 0 Å². The van der Waals surface area contributed by atoms with Crippen molar-refractivity contribution in [3.8, 4) is 0 Å². The molecule has 1 aromatic rings. The van der Waals surface area contributed by atoms with Crippen LogP contribution < -0.4 is 4.72 Å². The van der Waals surface area contributed by atoms with Gasteiger partial charge in [0.05, 0.1) is 5.92 Å². The Hall–Kier alpha value is -1.96. The number of rotatable bonds is 8. The molecular weight excluding hydrogens is 316 g/mol. The molecule has 124 valence electrons. The topological polar surface area (TPSA) is 86.7 Å². The van der Waals surface area contributed by atoms with E-state index in [-0.39, 0.29) is 19.5 Å². The van der Waals surface area contributed by atoms with Crippen molar-refractivity contribution in [2.24, 2.45) is 0 Å². The van der Waals surface area contributed by atoms with Crippen LogP contribution >= 0.6 is 0 Å². The quantitative estimate of drug-likeness (QED) is 0.709. The van der Waals surface area contributed by atoms with Gasteiger partial charge in [0.1, 0.15) is 0 Å². The molecular formula is C16H20N2O4S. The van der Waals surface area contributed by atoms with Crippen LogP contribution in [0.3, 0.4) is 0 Å². The van der Waals surface area contributed by atoms with Gasteiger partial charge in [0.2, 0.25) is 0 Å². The van der Waals surface area contributed by atoms with E-state index in [1.54, 1.807) is 24.3 Å². The number of nitrogens with zero attached hydrogens (tertiary/aromatic N) is 1. The van der Waals surface area contributed by atoms with E-state index in [2.05, 4.69) is 17.9 Å². The fourth-order valence-corrected chi connectivity index (χ4v) is 4.13. The molecule has 0 unspecified atom stereocenters. The van der Waals surface area contributed by atoms with Gasteiger partial charge in [-0.1, -0.05) is 36.4 Å². The van der Waals surface area contributed by atoms with Crippen molar-refractivity contribution < 1.29 is 18.3 Å². The summed E-state index contributed by atoms with van der Waals surface area (Å²) in [6.07, 6.45) is 3.18. The molecule has 2 N–H and O–H groups in total. The predicted molar refractivity (Wildman–Crippen MR) is 88.2 cm³/mol. The second-order valence-electron chi connectivity index (χ2n) is 5.33. The van der Waals surface area contributed by atoms with E-state index < -0.39 is 28.1 Å². The maximum absolute atomic E-state index is 12.5. The lowest BCUT2D eigenvalue weighted by molar-refractivity contribution is -0.138. The zero-order chi connectivity index (χ0) is 17.0. The van der Waals surface area contributed by atoms with E-state index in [1.807, 2.05) is 0 Å². The van der Waals surface area contributed by atoms with Crippen molar-refractivity contribution in [1.29, 1.82) is 0 Å².